The van der Waals surface area contributed by atoms with Crippen LogP contribution in [0.15, 0.2) is 24.3 Å². The normalized spacial score (nSPS) is 16.1. The van der Waals surface area contributed by atoms with Crippen LogP contribution in [-0.4, -0.2) is 0 Å². The Balaban J connectivity index is 0. The molecule has 0 aliphatic heterocycles. The molecule has 0 fully saturated rings. The van der Waals surface area contributed by atoms with E-state index in [4.69, 9.17) is 0 Å². The Morgan fingerprint density at radius 3 is 2.33 bits per heavy atom. The maximum Gasteiger partial charge on any atom is 1.00 e. The first-order valence-electron chi connectivity index (χ1n) is 3.28. The zero-order valence-electron chi connectivity index (χ0n) is 7.30. The minimum atomic E-state index is 0. The van der Waals surface area contributed by atoms with Gasteiger partial charge in [-0.3, -0.25) is 0 Å². The van der Waals surface area contributed by atoms with E-state index < -0.39 is 0 Å². The first kappa shape index (κ1) is 9.08. The van der Waals surface area contributed by atoms with Crippen LogP contribution in [0.3, 0.4) is 0 Å². The molecule has 0 unspecified atom stereocenters. The van der Waals surface area contributed by atoms with Crippen molar-refractivity contribution in [1.82, 2.24) is 0 Å². The number of allylic oxidation sites excluding steroid dienone is 4. The predicted molar refractivity (Wildman–Crippen MR) is 37.8 cm³/mol. The molecule has 1 aliphatic rings. The summed E-state index contributed by atoms with van der Waals surface area (Å²) in [6.07, 6.45) is 11.4. The molecule has 0 atom stereocenters. The van der Waals surface area contributed by atoms with Gasteiger partial charge in [0.15, 0.2) is 0 Å². The van der Waals surface area contributed by atoms with E-state index in [0.717, 1.165) is 5.92 Å². The molecule has 0 aromatic carbocycles. The molecule has 0 aromatic rings. The van der Waals surface area contributed by atoms with Crippen LogP contribution in [-0.2, 0) is 0 Å². The molecule has 1 aliphatic carbocycles. The Morgan fingerprint density at radius 2 is 1.89 bits per heavy atom. The van der Waals surface area contributed by atoms with Crippen LogP contribution < -0.4 is 18.9 Å². The van der Waals surface area contributed by atoms with Gasteiger partial charge < -0.3 is 1.43 Å². The third-order valence-corrected chi connectivity index (χ3v) is 1.45. The second kappa shape index (κ2) is 4.91. The Labute approximate surface area is 70.7 Å². The van der Waals surface area contributed by atoms with Crippen molar-refractivity contribution in [3.05, 3.63) is 24.3 Å². The fourth-order valence-corrected chi connectivity index (χ4v) is 1.00. The Bertz CT molecular complexity index is 106. The summed E-state index contributed by atoms with van der Waals surface area (Å²) < 4.78 is 0. The van der Waals surface area contributed by atoms with Crippen LogP contribution in [0.2, 0.25) is 0 Å². The molecule has 1 heteroatoms. The molecule has 0 aromatic heterocycles. The summed E-state index contributed by atoms with van der Waals surface area (Å²) in [7, 11) is 0. The summed E-state index contributed by atoms with van der Waals surface area (Å²) >= 11 is 0. The van der Waals surface area contributed by atoms with E-state index in [2.05, 4.69) is 31.2 Å². The zero-order valence-corrected chi connectivity index (χ0v) is 6.30. The van der Waals surface area contributed by atoms with E-state index in [1.807, 2.05) is 0 Å². The van der Waals surface area contributed by atoms with Crippen molar-refractivity contribution in [2.45, 2.75) is 19.8 Å². The van der Waals surface area contributed by atoms with Crippen LogP contribution in [0.25, 0.3) is 0 Å². The van der Waals surface area contributed by atoms with E-state index in [9.17, 15) is 0 Å². The molecule has 46 valence electrons. The number of hydrogen-bond acceptors (Lipinski definition) is 0. The molecular formula is C8H13Li. The number of hydrogen-bond donors (Lipinski definition) is 0. The molecule has 0 saturated heterocycles. The molecule has 0 spiro atoms. The van der Waals surface area contributed by atoms with Gasteiger partial charge in [-0.25, -0.2) is 0 Å². The standard InChI is InChI=1S/C8H12.Li.H/c1-2-5-8-6-3-4-7-8;;/h3-4,6-8H,2,5H2,1H3;;/q;+1;-1. The average molecular weight is 116 g/mol. The van der Waals surface area contributed by atoms with Crippen LogP contribution >= 0.6 is 0 Å². The fraction of sp³-hybridized carbons (Fsp3) is 0.500. The molecule has 1 rings (SSSR count). The van der Waals surface area contributed by atoms with Crippen molar-refractivity contribution in [2.24, 2.45) is 5.92 Å². The molecule has 0 heterocycles. The summed E-state index contributed by atoms with van der Waals surface area (Å²) in [5.41, 5.74) is 0. The van der Waals surface area contributed by atoms with Crippen molar-refractivity contribution < 1.29 is 20.3 Å². The molecule has 0 bridgehead atoms. The Morgan fingerprint density at radius 1 is 1.33 bits per heavy atom. The third kappa shape index (κ3) is 2.94. The molecular weight excluding hydrogens is 103 g/mol. The molecule has 0 N–H and O–H groups in total. The second-order valence-corrected chi connectivity index (χ2v) is 2.22. The van der Waals surface area contributed by atoms with Gasteiger partial charge in [0.25, 0.3) is 0 Å². The maximum absolute atomic E-state index is 2.25. The fourth-order valence-electron chi connectivity index (χ4n) is 1.00. The van der Waals surface area contributed by atoms with E-state index in [-0.39, 0.29) is 20.3 Å². The first-order chi connectivity index (χ1) is 3.93. The average Bonchev–Trinajstić information content (AvgIpc) is 2.19. The van der Waals surface area contributed by atoms with Crippen molar-refractivity contribution in [2.75, 3.05) is 0 Å². The van der Waals surface area contributed by atoms with Crippen LogP contribution in [0, 0.1) is 5.92 Å². The summed E-state index contributed by atoms with van der Waals surface area (Å²) in [4.78, 5) is 0. The Kier molecular flexibility index (Phi) is 4.95. The van der Waals surface area contributed by atoms with Crippen LogP contribution in [0.4, 0.5) is 0 Å². The smallest absolute Gasteiger partial charge is 1.00 e. The van der Waals surface area contributed by atoms with E-state index in [1.165, 1.54) is 12.8 Å². The SMILES string of the molecule is CCCC1C=CC=C1.[H-].[Li+]. The van der Waals surface area contributed by atoms with Gasteiger partial charge in [-0.1, -0.05) is 37.6 Å². The summed E-state index contributed by atoms with van der Waals surface area (Å²) in [6.45, 7) is 2.22. The topological polar surface area (TPSA) is 0 Å². The van der Waals surface area contributed by atoms with Gasteiger partial charge in [-0.05, 0) is 12.3 Å². The molecule has 9 heavy (non-hydrogen) atoms. The van der Waals surface area contributed by atoms with Crippen molar-refractivity contribution >= 4 is 0 Å². The summed E-state index contributed by atoms with van der Waals surface area (Å²) in [5.74, 6) is 0.750. The minimum Gasteiger partial charge on any atom is -1.00 e. The van der Waals surface area contributed by atoms with Crippen LogP contribution in [0.5, 0.6) is 0 Å². The van der Waals surface area contributed by atoms with E-state index >= 15 is 0 Å². The first-order valence-corrected chi connectivity index (χ1v) is 3.28. The van der Waals surface area contributed by atoms with Gasteiger partial charge >= 0.3 is 18.9 Å². The maximum atomic E-state index is 2.25. The van der Waals surface area contributed by atoms with Gasteiger partial charge in [0.1, 0.15) is 0 Å². The van der Waals surface area contributed by atoms with Crippen molar-refractivity contribution in [3.8, 4) is 0 Å². The van der Waals surface area contributed by atoms with Gasteiger partial charge in [0.2, 0.25) is 0 Å². The van der Waals surface area contributed by atoms with E-state index in [0.29, 0.717) is 0 Å². The van der Waals surface area contributed by atoms with Gasteiger partial charge in [0.05, 0.1) is 0 Å². The second-order valence-electron chi connectivity index (χ2n) is 2.22. The van der Waals surface area contributed by atoms with E-state index in [1.54, 1.807) is 0 Å². The van der Waals surface area contributed by atoms with Crippen molar-refractivity contribution in [1.29, 1.82) is 0 Å². The van der Waals surface area contributed by atoms with Crippen molar-refractivity contribution in [3.63, 3.8) is 0 Å². The minimum absolute atomic E-state index is 0. The molecule has 0 saturated carbocycles. The van der Waals surface area contributed by atoms with Gasteiger partial charge in [-0.2, -0.15) is 0 Å². The largest absolute Gasteiger partial charge is 1.00 e. The monoisotopic (exact) mass is 116 g/mol. The predicted octanol–water partition coefficient (Wildman–Crippen LogP) is -0.355. The number of rotatable bonds is 2. The summed E-state index contributed by atoms with van der Waals surface area (Å²) in [5, 5.41) is 0. The zero-order chi connectivity index (χ0) is 5.82. The molecule has 0 nitrogen and oxygen atoms in total. The Hall–Kier alpha value is 0.0774. The van der Waals surface area contributed by atoms with Crippen LogP contribution in [0.1, 0.15) is 21.2 Å². The summed E-state index contributed by atoms with van der Waals surface area (Å²) in [6, 6.07) is 0. The molecule has 0 amide bonds. The van der Waals surface area contributed by atoms with Gasteiger partial charge in [0, 0.05) is 0 Å². The third-order valence-electron chi connectivity index (χ3n) is 1.45. The quantitative estimate of drug-likeness (QED) is 0.432. The molecule has 0 radical (unpaired) electrons. The van der Waals surface area contributed by atoms with Gasteiger partial charge in [-0.15, -0.1) is 0 Å².